The minimum absolute atomic E-state index is 0.0454. The van der Waals surface area contributed by atoms with E-state index in [4.69, 9.17) is 9.47 Å². The van der Waals surface area contributed by atoms with Crippen molar-refractivity contribution in [1.82, 2.24) is 4.90 Å². The van der Waals surface area contributed by atoms with Gasteiger partial charge >= 0.3 is 12.6 Å². The van der Waals surface area contributed by atoms with E-state index in [0.717, 1.165) is 17.0 Å². The molecule has 9 nitrogen and oxygen atoms in total. The number of esters is 1. The molecule has 0 saturated heterocycles. The molecular formula is C20H16F2N2O7. The lowest BCUT2D eigenvalue weighted by Crippen LogP contribution is -2.24. The van der Waals surface area contributed by atoms with Crippen LogP contribution in [0.5, 0.6) is 11.5 Å². The maximum Gasteiger partial charge on any atom is 0.387 e. The zero-order chi connectivity index (χ0) is 22.7. The quantitative estimate of drug-likeness (QED) is 0.526. The monoisotopic (exact) mass is 434 g/mol. The Bertz CT molecular complexity index is 1070. The van der Waals surface area contributed by atoms with E-state index in [-0.39, 0.29) is 33.9 Å². The molecule has 2 aromatic carbocycles. The van der Waals surface area contributed by atoms with Crippen molar-refractivity contribution in [2.45, 2.75) is 6.61 Å². The molecule has 162 valence electrons. The molecule has 0 bridgehead atoms. The fraction of sp³-hybridized carbons (Fsp3) is 0.200. The number of benzene rings is 2. The third kappa shape index (κ3) is 4.60. The van der Waals surface area contributed by atoms with E-state index >= 15 is 0 Å². The first-order chi connectivity index (χ1) is 14.7. The summed E-state index contributed by atoms with van der Waals surface area (Å²) in [4.78, 5) is 49.1. The van der Waals surface area contributed by atoms with Gasteiger partial charge in [0.25, 0.3) is 17.7 Å². The van der Waals surface area contributed by atoms with Crippen molar-refractivity contribution < 1.29 is 42.2 Å². The molecule has 0 unspecified atom stereocenters. The van der Waals surface area contributed by atoms with Crippen LogP contribution < -0.4 is 14.8 Å². The van der Waals surface area contributed by atoms with Crippen LogP contribution in [-0.4, -0.2) is 56.0 Å². The lowest BCUT2D eigenvalue weighted by Gasteiger charge is -2.11. The van der Waals surface area contributed by atoms with Crippen LogP contribution in [0.1, 0.15) is 31.1 Å². The summed E-state index contributed by atoms with van der Waals surface area (Å²) in [6, 6.07) is 7.63. The number of halogens is 2. The number of methoxy groups -OCH3 is 1. The van der Waals surface area contributed by atoms with Crippen molar-refractivity contribution in [2.24, 2.45) is 0 Å². The van der Waals surface area contributed by atoms with Crippen LogP contribution in [0.4, 0.5) is 14.5 Å². The SMILES string of the molecule is COc1cc(C(=O)OCC(=O)Nc2ccc3c(c2)C(=O)N(C)C3=O)ccc1OC(F)F. The number of carbonyl (C=O) groups is 4. The van der Waals surface area contributed by atoms with Crippen LogP contribution in [0.15, 0.2) is 36.4 Å². The highest BCUT2D eigenvalue weighted by Gasteiger charge is 2.32. The second kappa shape index (κ2) is 8.78. The van der Waals surface area contributed by atoms with Crippen molar-refractivity contribution in [2.75, 3.05) is 26.1 Å². The van der Waals surface area contributed by atoms with Gasteiger partial charge in [-0.2, -0.15) is 8.78 Å². The predicted molar refractivity (Wildman–Crippen MR) is 101 cm³/mol. The van der Waals surface area contributed by atoms with Crippen molar-refractivity contribution >= 4 is 29.4 Å². The minimum Gasteiger partial charge on any atom is -0.493 e. The molecule has 1 aliphatic rings. The minimum atomic E-state index is -3.07. The number of hydrogen-bond donors (Lipinski definition) is 1. The van der Waals surface area contributed by atoms with Gasteiger partial charge in [0.15, 0.2) is 18.1 Å². The van der Waals surface area contributed by atoms with E-state index in [1.807, 2.05) is 0 Å². The number of amides is 3. The molecule has 3 rings (SSSR count). The number of nitrogens with zero attached hydrogens (tertiary/aromatic N) is 1. The van der Waals surface area contributed by atoms with Crippen molar-refractivity contribution in [3.63, 3.8) is 0 Å². The van der Waals surface area contributed by atoms with Gasteiger partial charge in [0.05, 0.1) is 23.8 Å². The molecule has 3 amide bonds. The summed E-state index contributed by atoms with van der Waals surface area (Å²) >= 11 is 0. The fourth-order valence-corrected chi connectivity index (χ4v) is 2.84. The van der Waals surface area contributed by atoms with Gasteiger partial charge in [-0.15, -0.1) is 0 Å². The van der Waals surface area contributed by atoms with Gasteiger partial charge in [0.1, 0.15) is 0 Å². The molecule has 31 heavy (non-hydrogen) atoms. The van der Waals surface area contributed by atoms with Crippen LogP contribution >= 0.6 is 0 Å². The molecule has 0 aromatic heterocycles. The first kappa shape index (κ1) is 21.7. The molecule has 11 heteroatoms. The first-order valence-corrected chi connectivity index (χ1v) is 8.77. The number of fused-ring (bicyclic) bond motifs is 1. The Hall–Kier alpha value is -4.02. The Balaban J connectivity index is 1.61. The Labute approximate surface area is 174 Å². The van der Waals surface area contributed by atoms with E-state index in [2.05, 4.69) is 10.1 Å². The lowest BCUT2D eigenvalue weighted by molar-refractivity contribution is -0.119. The van der Waals surface area contributed by atoms with E-state index < -0.39 is 36.9 Å². The molecule has 0 aliphatic carbocycles. The van der Waals surface area contributed by atoms with E-state index in [0.29, 0.717) is 0 Å². The number of nitrogens with one attached hydrogen (secondary N) is 1. The van der Waals surface area contributed by atoms with Gasteiger partial charge in [0, 0.05) is 12.7 Å². The molecule has 1 aliphatic heterocycles. The van der Waals surface area contributed by atoms with E-state index in [9.17, 15) is 28.0 Å². The van der Waals surface area contributed by atoms with Crippen molar-refractivity contribution in [1.29, 1.82) is 0 Å². The number of carbonyl (C=O) groups excluding carboxylic acids is 4. The molecule has 0 atom stereocenters. The Kier molecular flexibility index (Phi) is 6.14. The number of imide groups is 1. The molecule has 0 spiro atoms. The average Bonchev–Trinajstić information content (AvgIpc) is 2.95. The van der Waals surface area contributed by atoms with E-state index in [1.54, 1.807) is 0 Å². The Morgan fingerprint density at radius 2 is 1.74 bits per heavy atom. The molecule has 0 fully saturated rings. The van der Waals surface area contributed by atoms with Gasteiger partial charge < -0.3 is 19.5 Å². The number of anilines is 1. The highest BCUT2D eigenvalue weighted by Crippen LogP contribution is 2.29. The molecule has 1 N–H and O–H groups in total. The summed E-state index contributed by atoms with van der Waals surface area (Å²) in [5.41, 5.74) is 0.577. The maximum atomic E-state index is 12.4. The Morgan fingerprint density at radius 1 is 1.03 bits per heavy atom. The highest BCUT2D eigenvalue weighted by molar-refractivity contribution is 6.21. The van der Waals surface area contributed by atoms with E-state index in [1.165, 1.54) is 38.4 Å². The highest BCUT2D eigenvalue weighted by atomic mass is 19.3. The molecule has 1 heterocycles. The van der Waals surface area contributed by atoms with Crippen molar-refractivity contribution in [3.05, 3.63) is 53.1 Å². The van der Waals surface area contributed by atoms with Crippen LogP contribution in [0, 0.1) is 0 Å². The van der Waals surface area contributed by atoms with Gasteiger partial charge in [-0.1, -0.05) is 0 Å². The smallest absolute Gasteiger partial charge is 0.387 e. The summed E-state index contributed by atoms with van der Waals surface area (Å²) in [5, 5.41) is 2.46. The molecule has 0 saturated carbocycles. The summed E-state index contributed by atoms with van der Waals surface area (Å²) in [6.45, 7) is -3.72. The van der Waals surface area contributed by atoms with Gasteiger partial charge in [-0.3, -0.25) is 19.3 Å². The summed E-state index contributed by atoms with van der Waals surface area (Å²) in [6.07, 6.45) is 0. The average molecular weight is 434 g/mol. The third-order valence-electron chi connectivity index (χ3n) is 4.32. The van der Waals surface area contributed by atoms with Gasteiger partial charge in [-0.05, 0) is 36.4 Å². The van der Waals surface area contributed by atoms with Crippen LogP contribution in [0.25, 0.3) is 0 Å². The number of hydrogen-bond acceptors (Lipinski definition) is 7. The summed E-state index contributed by atoms with van der Waals surface area (Å²) < 4.78 is 38.8. The molecular weight excluding hydrogens is 418 g/mol. The largest absolute Gasteiger partial charge is 0.493 e. The normalized spacial score (nSPS) is 12.6. The Morgan fingerprint density at radius 3 is 2.42 bits per heavy atom. The number of ether oxygens (including phenoxy) is 3. The topological polar surface area (TPSA) is 111 Å². The van der Waals surface area contributed by atoms with Gasteiger partial charge in [-0.25, -0.2) is 4.79 Å². The van der Waals surface area contributed by atoms with Crippen LogP contribution in [0.3, 0.4) is 0 Å². The first-order valence-electron chi connectivity index (χ1n) is 8.77. The third-order valence-corrected chi connectivity index (χ3v) is 4.32. The molecule has 2 aromatic rings. The standard InChI is InChI=1S/C20H16F2N2O7/c1-24-17(26)12-5-4-11(8-13(12)18(24)27)23-16(25)9-30-19(28)10-3-6-14(31-20(21)22)15(7-10)29-2/h3-8,20H,9H2,1-2H3,(H,23,25). The summed E-state index contributed by atoms with van der Waals surface area (Å²) in [7, 11) is 2.56. The predicted octanol–water partition coefficient (Wildman–Crippen LogP) is 2.32. The fourth-order valence-electron chi connectivity index (χ4n) is 2.84. The second-order valence-electron chi connectivity index (χ2n) is 6.30. The zero-order valence-electron chi connectivity index (χ0n) is 16.3. The van der Waals surface area contributed by atoms with Gasteiger partial charge in [0.2, 0.25) is 0 Å². The maximum absolute atomic E-state index is 12.4. The van der Waals surface area contributed by atoms with Crippen LogP contribution in [0.2, 0.25) is 0 Å². The lowest BCUT2D eigenvalue weighted by atomic mass is 10.1. The summed E-state index contributed by atoms with van der Waals surface area (Å²) in [5.74, 6) is -2.89. The van der Waals surface area contributed by atoms with Crippen molar-refractivity contribution in [3.8, 4) is 11.5 Å². The zero-order valence-corrected chi connectivity index (χ0v) is 16.3. The number of rotatable bonds is 7. The number of alkyl halides is 2. The van der Waals surface area contributed by atoms with Crippen LogP contribution in [-0.2, 0) is 9.53 Å². The molecule has 0 radical (unpaired) electrons. The second-order valence-corrected chi connectivity index (χ2v) is 6.30.